The Morgan fingerprint density at radius 2 is 1.94 bits per heavy atom. The van der Waals surface area contributed by atoms with Crippen molar-refractivity contribution in [3.05, 3.63) is 70.3 Å². The van der Waals surface area contributed by atoms with Crippen LogP contribution in [0.4, 0.5) is 13.2 Å². The molecular formula is C25H27F3O4. The zero-order valence-corrected chi connectivity index (χ0v) is 18.2. The lowest BCUT2D eigenvalue weighted by atomic mass is 9.84. The van der Waals surface area contributed by atoms with E-state index in [2.05, 4.69) is 6.07 Å². The van der Waals surface area contributed by atoms with E-state index in [0.717, 1.165) is 41.2 Å². The summed E-state index contributed by atoms with van der Waals surface area (Å²) < 4.78 is 52.0. The fourth-order valence-corrected chi connectivity index (χ4v) is 4.11. The quantitative estimate of drug-likeness (QED) is 0.533. The Bertz CT molecular complexity index is 995. The standard InChI is InChI=1S/C25H27F3O4/c1-16-5-3-4-6-21(16)22-11-10-19(31-2)13-18(22)15-32-20-9-7-17(8-12-24(29)30)23(14-20)25(26,27)28/h3-7,9,14,19H,8,10-13,15H2,1-2H3,(H,29,30). The molecule has 1 aliphatic rings. The monoisotopic (exact) mass is 448 g/mol. The highest BCUT2D eigenvalue weighted by molar-refractivity contribution is 5.72. The molecule has 0 saturated heterocycles. The first-order valence-corrected chi connectivity index (χ1v) is 10.5. The number of rotatable bonds is 8. The van der Waals surface area contributed by atoms with Crippen molar-refractivity contribution in [2.75, 3.05) is 13.7 Å². The predicted molar refractivity (Wildman–Crippen MR) is 116 cm³/mol. The molecule has 0 fully saturated rings. The fraction of sp³-hybridized carbons (Fsp3) is 0.400. The summed E-state index contributed by atoms with van der Waals surface area (Å²) in [7, 11) is 1.66. The third-order valence-corrected chi connectivity index (χ3v) is 5.83. The largest absolute Gasteiger partial charge is 0.489 e. The second kappa shape index (κ2) is 10.2. The molecule has 32 heavy (non-hydrogen) atoms. The molecule has 1 atom stereocenters. The van der Waals surface area contributed by atoms with E-state index in [4.69, 9.17) is 14.6 Å². The van der Waals surface area contributed by atoms with Gasteiger partial charge in [-0.1, -0.05) is 30.3 Å². The summed E-state index contributed by atoms with van der Waals surface area (Å²) in [6.45, 7) is 2.20. The predicted octanol–water partition coefficient (Wildman–Crippen LogP) is 6.06. The molecule has 3 rings (SSSR count). The third kappa shape index (κ3) is 5.91. The Kier molecular flexibility index (Phi) is 7.61. The van der Waals surface area contributed by atoms with Gasteiger partial charge in [-0.15, -0.1) is 0 Å². The van der Waals surface area contributed by atoms with Crippen molar-refractivity contribution in [1.82, 2.24) is 0 Å². The smallest absolute Gasteiger partial charge is 0.416 e. The lowest BCUT2D eigenvalue weighted by Gasteiger charge is -2.28. The molecule has 4 nitrogen and oxygen atoms in total. The molecule has 0 bridgehead atoms. The van der Waals surface area contributed by atoms with Crippen molar-refractivity contribution in [2.45, 2.75) is 51.3 Å². The maximum atomic E-state index is 13.5. The molecule has 1 unspecified atom stereocenters. The van der Waals surface area contributed by atoms with Gasteiger partial charge in [-0.3, -0.25) is 4.79 Å². The number of aryl methyl sites for hydroxylation is 2. The molecule has 0 aliphatic heterocycles. The van der Waals surface area contributed by atoms with E-state index in [9.17, 15) is 18.0 Å². The highest BCUT2D eigenvalue weighted by atomic mass is 19.4. The first-order chi connectivity index (χ1) is 15.2. The van der Waals surface area contributed by atoms with Crippen LogP contribution in [0.2, 0.25) is 0 Å². The number of carboxylic acids is 1. The number of hydrogen-bond acceptors (Lipinski definition) is 3. The van der Waals surface area contributed by atoms with Gasteiger partial charge in [-0.2, -0.15) is 13.2 Å². The molecule has 0 spiro atoms. The minimum atomic E-state index is -4.59. The Labute approximate surface area is 185 Å². The number of alkyl halides is 3. The topological polar surface area (TPSA) is 55.8 Å². The van der Waals surface area contributed by atoms with E-state index in [-0.39, 0.29) is 36.9 Å². The average molecular weight is 448 g/mol. The van der Waals surface area contributed by atoms with Crippen molar-refractivity contribution < 1.29 is 32.5 Å². The van der Waals surface area contributed by atoms with Crippen LogP contribution in [0.3, 0.4) is 0 Å². The molecule has 0 aromatic heterocycles. The van der Waals surface area contributed by atoms with Crippen LogP contribution in [0.15, 0.2) is 48.0 Å². The SMILES string of the molecule is COC1CCC(c2ccccc2C)=C(COc2ccc(CCC(=O)O)c(C(F)(F)F)c2)C1. The lowest BCUT2D eigenvalue weighted by Crippen LogP contribution is -2.20. The van der Waals surface area contributed by atoms with Crippen LogP contribution in [0.1, 0.15) is 47.9 Å². The van der Waals surface area contributed by atoms with E-state index in [1.165, 1.54) is 12.1 Å². The Balaban J connectivity index is 1.87. The summed E-state index contributed by atoms with van der Waals surface area (Å²) >= 11 is 0. The van der Waals surface area contributed by atoms with Gasteiger partial charge < -0.3 is 14.6 Å². The Morgan fingerprint density at radius 3 is 2.59 bits per heavy atom. The number of carbonyl (C=O) groups is 1. The minimum absolute atomic E-state index is 0.0468. The van der Waals surface area contributed by atoms with Crippen LogP contribution in [0.5, 0.6) is 5.75 Å². The van der Waals surface area contributed by atoms with Crippen LogP contribution in [0.25, 0.3) is 5.57 Å². The molecule has 0 amide bonds. The second-order valence-corrected chi connectivity index (χ2v) is 8.00. The summed E-state index contributed by atoms with van der Waals surface area (Å²) in [6.07, 6.45) is -2.76. The highest BCUT2D eigenvalue weighted by Gasteiger charge is 2.34. The van der Waals surface area contributed by atoms with Gasteiger partial charge in [-0.05, 0) is 72.6 Å². The number of methoxy groups -OCH3 is 1. The average Bonchev–Trinajstić information content (AvgIpc) is 2.76. The summed E-state index contributed by atoms with van der Waals surface area (Å²) in [4.78, 5) is 10.8. The second-order valence-electron chi connectivity index (χ2n) is 8.00. The minimum Gasteiger partial charge on any atom is -0.489 e. The summed E-state index contributed by atoms with van der Waals surface area (Å²) in [6, 6.07) is 11.8. The fourth-order valence-electron chi connectivity index (χ4n) is 4.11. The highest BCUT2D eigenvalue weighted by Crippen LogP contribution is 2.37. The van der Waals surface area contributed by atoms with E-state index in [1.54, 1.807) is 7.11 Å². The number of hydrogen-bond donors (Lipinski definition) is 1. The van der Waals surface area contributed by atoms with Gasteiger partial charge in [-0.25, -0.2) is 0 Å². The summed E-state index contributed by atoms with van der Waals surface area (Å²) in [5.41, 5.74) is 3.53. The van der Waals surface area contributed by atoms with Crippen molar-refractivity contribution in [2.24, 2.45) is 0 Å². The molecule has 0 radical (unpaired) electrons. The van der Waals surface area contributed by atoms with Gasteiger partial charge in [0.05, 0.1) is 11.7 Å². The zero-order chi connectivity index (χ0) is 23.3. The summed E-state index contributed by atoms with van der Waals surface area (Å²) in [5, 5.41) is 8.81. The molecule has 172 valence electrons. The molecule has 2 aromatic rings. The van der Waals surface area contributed by atoms with Crippen molar-refractivity contribution in [1.29, 1.82) is 0 Å². The van der Waals surface area contributed by atoms with Crippen LogP contribution < -0.4 is 4.74 Å². The van der Waals surface area contributed by atoms with Gasteiger partial charge in [0.1, 0.15) is 12.4 Å². The van der Waals surface area contributed by atoms with E-state index < -0.39 is 17.7 Å². The van der Waals surface area contributed by atoms with Gasteiger partial charge in [0.2, 0.25) is 0 Å². The Hall–Kier alpha value is -2.80. The number of ether oxygens (including phenoxy) is 2. The molecular weight excluding hydrogens is 421 g/mol. The van der Waals surface area contributed by atoms with Gasteiger partial charge in [0, 0.05) is 13.5 Å². The van der Waals surface area contributed by atoms with Gasteiger partial charge in [0.15, 0.2) is 0 Å². The first-order valence-electron chi connectivity index (χ1n) is 10.5. The van der Waals surface area contributed by atoms with Crippen LogP contribution >= 0.6 is 0 Å². The van der Waals surface area contributed by atoms with E-state index in [1.807, 2.05) is 25.1 Å². The maximum absolute atomic E-state index is 13.5. The van der Waals surface area contributed by atoms with Gasteiger partial charge in [0.25, 0.3) is 0 Å². The zero-order valence-electron chi connectivity index (χ0n) is 18.2. The van der Waals surface area contributed by atoms with Crippen molar-refractivity contribution in [3.8, 4) is 5.75 Å². The summed E-state index contributed by atoms with van der Waals surface area (Å²) in [5.74, 6) is -1.04. The normalized spacial score (nSPS) is 16.8. The number of carboxylic acid groups (broad SMARTS) is 1. The molecule has 0 heterocycles. The van der Waals surface area contributed by atoms with E-state index in [0.29, 0.717) is 6.42 Å². The Morgan fingerprint density at radius 1 is 1.19 bits per heavy atom. The van der Waals surface area contributed by atoms with Gasteiger partial charge >= 0.3 is 12.1 Å². The third-order valence-electron chi connectivity index (χ3n) is 5.83. The number of aliphatic carboxylic acids is 1. The van der Waals surface area contributed by atoms with Crippen molar-refractivity contribution >= 4 is 11.5 Å². The molecule has 2 aromatic carbocycles. The van der Waals surface area contributed by atoms with Crippen LogP contribution in [-0.4, -0.2) is 30.9 Å². The number of benzene rings is 2. The molecule has 0 saturated carbocycles. The van der Waals surface area contributed by atoms with Crippen LogP contribution in [0, 0.1) is 6.92 Å². The van der Waals surface area contributed by atoms with Crippen molar-refractivity contribution in [3.63, 3.8) is 0 Å². The molecule has 7 heteroatoms. The first kappa shape index (κ1) is 23.9. The molecule has 1 N–H and O–H groups in total. The lowest BCUT2D eigenvalue weighted by molar-refractivity contribution is -0.140. The van der Waals surface area contributed by atoms with Crippen LogP contribution in [-0.2, 0) is 22.1 Å². The number of allylic oxidation sites excluding steroid dienone is 1. The molecule has 1 aliphatic carbocycles. The maximum Gasteiger partial charge on any atom is 0.416 e. The number of halogens is 3. The van der Waals surface area contributed by atoms with E-state index >= 15 is 0 Å².